The lowest BCUT2D eigenvalue weighted by Gasteiger charge is -2.16. The minimum atomic E-state index is -0.0689. The topological polar surface area (TPSA) is 51.5 Å². The normalized spacial score (nSPS) is 24.2. The van der Waals surface area contributed by atoms with Crippen LogP contribution in [0.2, 0.25) is 0 Å². The standard InChI is InChI=1S/C12H15NO3/c1-2-11-10(5-7-16-11)13-12(14)8-9-4-3-6-15-9/h2-4,6,10-11H,1,5,7-8H2,(H,13,14)/t10-,11+/m1/s1. The smallest absolute Gasteiger partial charge is 0.227 e. The molecule has 1 N–H and O–H groups in total. The third kappa shape index (κ3) is 2.52. The molecular formula is C12H15NO3. The monoisotopic (exact) mass is 221 g/mol. The number of rotatable bonds is 4. The first-order valence-electron chi connectivity index (χ1n) is 5.35. The summed E-state index contributed by atoms with van der Waals surface area (Å²) in [5.41, 5.74) is 0. The second kappa shape index (κ2) is 4.99. The minimum Gasteiger partial charge on any atom is -0.469 e. The molecular weight excluding hydrogens is 206 g/mol. The van der Waals surface area contributed by atoms with Crippen molar-refractivity contribution in [3.05, 3.63) is 36.8 Å². The van der Waals surface area contributed by atoms with Gasteiger partial charge in [0.05, 0.1) is 24.8 Å². The third-order valence-electron chi connectivity index (χ3n) is 2.63. The van der Waals surface area contributed by atoms with Crippen molar-refractivity contribution in [1.29, 1.82) is 0 Å². The van der Waals surface area contributed by atoms with E-state index in [0.717, 1.165) is 6.42 Å². The van der Waals surface area contributed by atoms with E-state index in [1.165, 1.54) is 0 Å². The van der Waals surface area contributed by atoms with E-state index in [1.807, 2.05) is 0 Å². The van der Waals surface area contributed by atoms with Crippen LogP contribution >= 0.6 is 0 Å². The molecule has 2 heterocycles. The molecule has 1 amide bonds. The zero-order valence-electron chi connectivity index (χ0n) is 9.02. The minimum absolute atomic E-state index is 0.0416. The van der Waals surface area contributed by atoms with Crippen molar-refractivity contribution in [2.45, 2.75) is 25.0 Å². The van der Waals surface area contributed by atoms with Crippen LogP contribution in [-0.2, 0) is 16.0 Å². The van der Waals surface area contributed by atoms with Gasteiger partial charge < -0.3 is 14.5 Å². The van der Waals surface area contributed by atoms with Gasteiger partial charge in [-0.05, 0) is 18.6 Å². The van der Waals surface area contributed by atoms with E-state index >= 15 is 0 Å². The van der Waals surface area contributed by atoms with Crippen LogP contribution in [0, 0.1) is 0 Å². The first-order valence-corrected chi connectivity index (χ1v) is 5.35. The maximum atomic E-state index is 11.7. The Morgan fingerprint density at radius 3 is 3.25 bits per heavy atom. The van der Waals surface area contributed by atoms with Gasteiger partial charge in [-0.1, -0.05) is 6.08 Å². The van der Waals surface area contributed by atoms with Gasteiger partial charge in [0.15, 0.2) is 0 Å². The number of ether oxygens (including phenoxy) is 1. The van der Waals surface area contributed by atoms with Crippen LogP contribution in [0.5, 0.6) is 0 Å². The van der Waals surface area contributed by atoms with Gasteiger partial charge in [-0.2, -0.15) is 0 Å². The SMILES string of the molecule is C=C[C@@H]1OCC[C@H]1NC(=O)Cc1ccco1. The van der Waals surface area contributed by atoms with Gasteiger partial charge >= 0.3 is 0 Å². The van der Waals surface area contributed by atoms with Gasteiger partial charge in [0.2, 0.25) is 5.91 Å². The van der Waals surface area contributed by atoms with Crippen LogP contribution in [0.15, 0.2) is 35.5 Å². The van der Waals surface area contributed by atoms with E-state index < -0.39 is 0 Å². The number of amides is 1. The molecule has 1 fully saturated rings. The predicted molar refractivity (Wildman–Crippen MR) is 58.9 cm³/mol. The average Bonchev–Trinajstić information content (AvgIpc) is 2.88. The number of hydrogen-bond donors (Lipinski definition) is 1. The van der Waals surface area contributed by atoms with E-state index in [9.17, 15) is 4.79 Å². The summed E-state index contributed by atoms with van der Waals surface area (Å²) in [6.07, 6.45) is 4.33. The van der Waals surface area contributed by atoms with Crippen molar-refractivity contribution in [3.8, 4) is 0 Å². The fraction of sp³-hybridized carbons (Fsp3) is 0.417. The Kier molecular flexibility index (Phi) is 3.41. The Morgan fingerprint density at radius 2 is 2.56 bits per heavy atom. The van der Waals surface area contributed by atoms with Gasteiger partial charge in [0.1, 0.15) is 5.76 Å². The molecule has 1 aliphatic rings. The summed E-state index contributed by atoms with van der Waals surface area (Å²) in [7, 11) is 0. The Balaban J connectivity index is 1.85. The van der Waals surface area contributed by atoms with E-state index in [1.54, 1.807) is 24.5 Å². The highest BCUT2D eigenvalue weighted by atomic mass is 16.5. The largest absolute Gasteiger partial charge is 0.469 e. The Hall–Kier alpha value is -1.55. The highest BCUT2D eigenvalue weighted by Gasteiger charge is 2.27. The van der Waals surface area contributed by atoms with Crippen molar-refractivity contribution in [1.82, 2.24) is 5.32 Å². The lowest BCUT2D eigenvalue weighted by atomic mass is 10.1. The molecule has 0 bridgehead atoms. The summed E-state index contributed by atoms with van der Waals surface area (Å²) in [6.45, 7) is 4.35. The van der Waals surface area contributed by atoms with Crippen molar-refractivity contribution >= 4 is 5.91 Å². The zero-order chi connectivity index (χ0) is 11.4. The molecule has 4 nitrogen and oxygen atoms in total. The molecule has 0 spiro atoms. The van der Waals surface area contributed by atoms with Gasteiger partial charge in [0.25, 0.3) is 0 Å². The van der Waals surface area contributed by atoms with E-state index in [0.29, 0.717) is 12.4 Å². The van der Waals surface area contributed by atoms with Crippen molar-refractivity contribution in [2.75, 3.05) is 6.61 Å². The Morgan fingerprint density at radius 1 is 1.69 bits per heavy atom. The molecule has 1 aromatic rings. The van der Waals surface area contributed by atoms with Crippen LogP contribution in [0.3, 0.4) is 0 Å². The fourth-order valence-electron chi connectivity index (χ4n) is 1.83. The number of nitrogens with one attached hydrogen (secondary N) is 1. The molecule has 4 heteroatoms. The van der Waals surface area contributed by atoms with Crippen LogP contribution < -0.4 is 5.32 Å². The highest BCUT2D eigenvalue weighted by molar-refractivity contribution is 5.78. The van der Waals surface area contributed by atoms with Gasteiger partial charge in [-0.25, -0.2) is 0 Å². The fourth-order valence-corrected chi connectivity index (χ4v) is 1.83. The van der Waals surface area contributed by atoms with Gasteiger partial charge in [0, 0.05) is 6.61 Å². The second-order valence-electron chi connectivity index (χ2n) is 3.79. The van der Waals surface area contributed by atoms with Crippen molar-refractivity contribution in [3.63, 3.8) is 0 Å². The highest BCUT2D eigenvalue weighted by Crippen LogP contribution is 2.14. The molecule has 16 heavy (non-hydrogen) atoms. The van der Waals surface area contributed by atoms with E-state index in [4.69, 9.17) is 9.15 Å². The zero-order valence-corrected chi connectivity index (χ0v) is 9.02. The second-order valence-corrected chi connectivity index (χ2v) is 3.79. The third-order valence-corrected chi connectivity index (χ3v) is 2.63. The molecule has 0 aromatic carbocycles. The summed E-state index contributed by atoms with van der Waals surface area (Å²) in [5, 5.41) is 2.92. The van der Waals surface area contributed by atoms with Crippen LogP contribution in [0.25, 0.3) is 0 Å². The molecule has 1 aliphatic heterocycles. The molecule has 1 aromatic heterocycles. The number of furan rings is 1. The van der Waals surface area contributed by atoms with Crippen LogP contribution in [0.1, 0.15) is 12.2 Å². The Bertz CT molecular complexity index is 358. The maximum absolute atomic E-state index is 11.7. The molecule has 1 saturated heterocycles. The number of carbonyl (C=O) groups is 1. The van der Waals surface area contributed by atoms with Gasteiger partial charge in [-0.3, -0.25) is 4.79 Å². The average molecular weight is 221 g/mol. The lowest BCUT2D eigenvalue weighted by molar-refractivity contribution is -0.121. The Labute approximate surface area is 94.3 Å². The lowest BCUT2D eigenvalue weighted by Crippen LogP contribution is -2.40. The molecule has 2 atom stereocenters. The molecule has 86 valence electrons. The van der Waals surface area contributed by atoms with Crippen molar-refractivity contribution in [2.24, 2.45) is 0 Å². The molecule has 2 rings (SSSR count). The van der Waals surface area contributed by atoms with Crippen LogP contribution in [0.4, 0.5) is 0 Å². The maximum Gasteiger partial charge on any atom is 0.227 e. The molecule has 0 saturated carbocycles. The number of hydrogen-bond acceptors (Lipinski definition) is 3. The predicted octanol–water partition coefficient (Wildman–Crippen LogP) is 1.28. The quantitative estimate of drug-likeness (QED) is 0.779. The first-order chi connectivity index (χ1) is 7.79. The van der Waals surface area contributed by atoms with E-state index in [-0.39, 0.29) is 24.5 Å². The molecule has 0 aliphatic carbocycles. The summed E-state index contributed by atoms with van der Waals surface area (Å²) in [4.78, 5) is 11.7. The van der Waals surface area contributed by atoms with Crippen LogP contribution in [-0.4, -0.2) is 24.7 Å². The molecule has 0 radical (unpaired) electrons. The van der Waals surface area contributed by atoms with E-state index in [2.05, 4.69) is 11.9 Å². The summed E-state index contributed by atoms with van der Waals surface area (Å²) >= 11 is 0. The molecule has 0 unspecified atom stereocenters. The first kappa shape index (κ1) is 11.0. The van der Waals surface area contributed by atoms with Gasteiger partial charge in [-0.15, -0.1) is 6.58 Å². The summed E-state index contributed by atoms with van der Waals surface area (Å²) in [6, 6.07) is 3.60. The summed E-state index contributed by atoms with van der Waals surface area (Å²) in [5.74, 6) is 0.629. The summed E-state index contributed by atoms with van der Waals surface area (Å²) < 4.78 is 10.5. The number of carbonyl (C=O) groups excluding carboxylic acids is 1. The van der Waals surface area contributed by atoms with Crippen molar-refractivity contribution < 1.29 is 13.9 Å².